The molecular formula is C12H15NO5S2. The fourth-order valence-corrected chi connectivity index (χ4v) is 2.80. The molecule has 0 saturated carbocycles. The van der Waals surface area contributed by atoms with Gasteiger partial charge in [0.05, 0.1) is 10.6 Å². The average Bonchev–Trinajstić information content (AvgIpc) is 2.85. The van der Waals surface area contributed by atoms with E-state index in [1.54, 1.807) is 19.1 Å². The van der Waals surface area contributed by atoms with Crippen molar-refractivity contribution in [3.05, 3.63) is 28.0 Å². The maximum Gasteiger partial charge on any atom is 0.328 e. The second-order valence-electron chi connectivity index (χ2n) is 3.87. The van der Waals surface area contributed by atoms with Crippen LogP contribution in [-0.4, -0.2) is 43.5 Å². The van der Waals surface area contributed by atoms with Gasteiger partial charge >= 0.3 is 5.97 Å². The van der Waals surface area contributed by atoms with E-state index in [4.69, 9.17) is 5.11 Å². The van der Waals surface area contributed by atoms with Crippen molar-refractivity contribution >= 4 is 39.1 Å². The van der Waals surface area contributed by atoms with Gasteiger partial charge in [0.15, 0.2) is 9.84 Å². The summed E-state index contributed by atoms with van der Waals surface area (Å²) in [5.41, 5.74) is 0. The van der Waals surface area contributed by atoms with Crippen LogP contribution in [0.15, 0.2) is 18.2 Å². The van der Waals surface area contributed by atoms with Gasteiger partial charge in [-0.2, -0.15) is 0 Å². The van der Waals surface area contributed by atoms with Crippen molar-refractivity contribution in [1.29, 1.82) is 0 Å². The number of carboxylic acids is 1. The van der Waals surface area contributed by atoms with Gasteiger partial charge in [-0.3, -0.25) is 4.79 Å². The van der Waals surface area contributed by atoms with Gasteiger partial charge < -0.3 is 10.4 Å². The maximum atomic E-state index is 11.7. The standard InChI is InChI=1S/C12H15NO5S2/c1-2-20(17,18)8-7-13-12(16)10-5-3-9(19-10)4-6-11(14)15/h3-6H,2,7-8H2,1H3,(H,13,16)(H,14,15)/b6-4+. The van der Waals surface area contributed by atoms with Gasteiger partial charge in [0, 0.05) is 23.3 Å². The Morgan fingerprint density at radius 1 is 1.40 bits per heavy atom. The Bertz CT molecular complexity index is 616. The fraction of sp³-hybridized carbons (Fsp3) is 0.333. The smallest absolute Gasteiger partial charge is 0.328 e. The van der Waals surface area contributed by atoms with Crippen LogP contribution in [0.25, 0.3) is 6.08 Å². The predicted octanol–water partition coefficient (Wildman–Crippen LogP) is 1.01. The minimum atomic E-state index is -3.10. The van der Waals surface area contributed by atoms with Crippen LogP contribution in [0.2, 0.25) is 0 Å². The third-order valence-corrected chi connectivity index (χ3v) is 5.13. The molecule has 0 saturated heterocycles. The highest BCUT2D eigenvalue weighted by molar-refractivity contribution is 7.91. The molecule has 1 heterocycles. The van der Waals surface area contributed by atoms with Crippen molar-refractivity contribution in [2.24, 2.45) is 0 Å². The number of sulfone groups is 1. The minimum absolute atomic E-state index is 0.0476. The van der Waals surface area contributed by atoms with Crippen LogP contribution in [0, 0.1) is 0 Å². The zero-order chi connectivity index (χ0) is 15.2. The Hall–Kier alpha value is -1.67. The minimum Gasteiger partial charge on any atom is -0.478 e. The monoisotopic (exact) mass is 317 g/mol. The van der Waals surface area contributed by atoms with Gasteiger partial charge in [0.25, 0.3) is 5.91 Å². The van der Waals surface area contributed by atoms with Crippen LogP contribution in [0.4, 0.5) is 0 Å². The summed E-state index contributed by atoms with van der Waals surface area (Å²) in [5, 5.41) is 11.0. The fourth-order valence-electron chi connectivity index (χ4n) is 1.27. The Balaban J connectivity index is 2.54. The van der Waals surface area contributed by atoms with E-state index >= 15 is 0 Å². The summed E-state index contributed by atoms with van der Waals surface area (Å²) in [5.74, 6) is -1.47. The largest absolute Gasteiger partial charge is 0.478 e. The Labute approximate surface area is 121 Å². The van der Waals surface area contributed by atoms with Crippen molar-refractivity contribution in [1.82, 2.24) is 5.32 Å². The van der Waals surface area contributed by atoms with Crippen molar-refractivity contribution in [2.75, 3.05) is 18.1 Å². The first-order chi connectivity index (χ1) is 9.34. The molecule has 1 aromatic heterocycles. The number of amides is 1. The molecule has 0 atom stereocenters. The molecule has 0 aromatic carbocycles. The van der Waals surface area contributed by atoms with Gasteiger partial charge in [-0.1, -0.05) is 6.92 Å². The van der Waals surface area contributed by atoms with E-state index < -0.39 is 15.8 Å². The van der Waals surface area contributed by atoms with E-state index in [1.165, 1.54) is 6.08 Å². The van der Waals surface area contributed by atoms with E-state index in [9.17, 15) is 18.0 Å². The number of hydrogen-bond acceptors (Lipinski definition) is 5. The summed E-state index contributed by atoms with van der Waals surface area (Å²) in [6.45, 7) is 1.62. The number of carbonyl (C=O) groups excluding carboxylic acids is 1. The zero-order valence-corrected chi connectivity index (χ0v) is 12.5. The Morgan fingerprint density at radius 2 is 2.10 bits per heavy atom. The number of nitrogens with one attached hydrogen (secondary N) is 1. The number of aliphatic carboxylic acids is 1. The van der Waals surface area contributed by atoms with Crippen molar-refractivity contribution in [3.63, 3.8) is 0 Å². The SMILES string of the molecule is CCS(=O)(=O)CCNC(=O)c1ccc(/C=C/C(=O)O)s1. The molecule has 0 aliphatic carbocycles. The summed E-state index contributed by atoms with van der Waals surface area (Å²) in [6.07, 6.45) is 2.38. The number of carboxylic acid groups (broad SMARTS) is 1. The number of carbonyl (C=O) groups is 2. The molecule has 1 rings (SSSR count). The van der Waals surface area contributed by atoms with Gasteiger partial charge in [0.2, 0.25) is 0 Å². The highest BCUT2D eigenvalue weighted by Gasteiger charge is 2.11. The molecule has 110 valence electrons. The molecule has 20 heavy (non-hydrogen) atoms. The zero-order valence-electron chi connectivity index (χ0n) is 10.8. The molecule has 1 amide bonds. The lowest BCUT2D eigenvalue weighted by Crippen LogP contribution is -2.29. The quantitative estimate of drug-likeness (QED) is 0.731. The molecule has 0 radical (unpaired) electrons. The Morgan fingerprint density at radius 3 is 2.70 bits per heavy atom. The van der Waals surface area contributed by atoms with Crippen molar-refractivity contribution in [3.8, 4) is 0 Å². The molecule has 2 N–H and O–H groups in total. The highest BCUT2D eigenvalue weighted by Crippen LogP contribution is 2.17. The number of hydrogen-bond donors (Lipinski definition) is 2. The second-order valence-corrected chi connectivity index (χ2v) is 7.45. The first-order valence-corrected chi connectivity index (χ1v) is 8.47. The Kier molecular flexibility index (Phi) is 5.90. The highest BCUT2D eigenvalue weighted by atomic mass is 32.2. The van der Waals surface area contributed by atoms with E-state index in [1.807, 2.05) is 0 Å². The van der Waals surface area contributed by atoms with Gasteiger partial charge in [0.1, 0.15) is 0 Å². The van der Waals surface area contributed by atoms with Crippen LogP contribution in [0.1, 0.15) is 21.5 Å². The van der Waals surface area contributed by atoms with Crippen LogP contribution >= 0.6 is 11.3 Å². The molecule has 0 bridgehead atoms. The lowest BCUT2D eigenvalue weighted by atomic mass is 10.4. The number of rotatable bonds is 7. The summed E-state index contributed by atoms with van der Waals surface area (Å²) in [4.78, 5) is 23.1. The molecule has 0 aliphatic heterocycles. The molecule has 0 unspecified atom stereocenters. The molecule has 0 aliphatic rings. The summed E-state index contributed by atoms with van der Waals surface area (Å²) >= 11 is 1.14. The number of thiophene rings is 1. The topological polar surface area (TPSA) is 101 Å². The van der Waals surface area contributed by atoms with Crippen LogP contribution in [-0.2, 0) is 14.6 Å². The lowest BCUT2D eigenvalue weighted by molar-refractivity contribution is -0.131. The van der Waals surface area contributed by atoms with Crippen LogP contribution in [0.3, 0.4) is 0 Å². The summed E-state index contributed by atoms with van der Waals surface area (Å²) in [7, 11) is -3.10. The predicted molar refractivity (Wildman–Crippen MR) is 77.6 cm³/mol. The normalized spacial score (nSPS) is 11.7. The van der Waals surface area contributed by atoms with Crippen molar-refractivity contribution < 1.29 is 23.1 Å². The van der Waals surface area contributed by atoms with E-state index in [0.29, 0.717) is 9.75 Å². The first-order valence-electron chi connectivity index (χ1n) is 5.83. The molecule has 8 heteroatoms. The van der Waals surface area contributed by atoms with Crippen LogP contribution in [0.5, 0.6) is 0 Å². The third-order valence-electron chi connectivity index (χ3n) is 2.38. The third kappa shape index (κ3) is 5.54. The second kappa shape index (κ2) is 7.20. The summed E-state index contributed by atoms with van der Waals surface area (Å²) in [6, 6.07) is 3.19. The summed E-state index contributed by atoms with van der Waals surface area (Å²) < 4.78 is 22.5. The molecular weight excluding hydrogens is 302 g/mol. The molecule has 0 spiro atoms. The molecule has 0 fully saturated rings. The first kappa shape index (κ1) is 16.4. The maximum absolute atomic E-state index is 11.7. The van der Waals surface area contributed by atoms with Crippen LogP contribution < -0.4 is 5.32 Å². The van der Waals surface area contributed by atoms with E-state index in [-0.39, 0.29) is 24.0 Å². The van der Waals surface area contributed by atoms with Gasteiger partial charge in [-0.25, -0.2) is 13.2 Å². The van der Waals surface area contributed by atoms with Crippen molar-refractivity contribution in [2.45, 2.75) is 6.92 Å². The van der Waals surface area contributed by atoms with Gasteiger partial charge in [-0.05, 0) is 18.2 Å². The van der Waals surface area contributed by atoms with Gasteiger partial charge in [-0.15, -0.1) is 11.3 Å². The molecule has 6 nitrogen and oxygen atoms in total. The van der Waals surface area contributed by atoms with E-state index in [0.717, 1.165) is 17.4 Å². The lowest BCUT2D eigenvalue weighted by Gasteiger charge is -2.03. The molecule has 1 aromatic rings. The van der Waals surface area contributed by atoms with E-state index in [2.05, 4.69) is 5.32 Å². The average molecular weight is 317 g/mol.